The number of hydrogen-bond donors (Lipinski definition) is 1. The molecule has 9 nitrogen and oxygen atoms in total. The highest BCUT2D eigenvalue weighted by Gasteiger charge is 2.31. The SMILES string of the molecule is COc1c(C(=O)O)nc(C(C)C(c2cnn(C)c2)c2ccccc2C#N)n(C)c1=O. The maximum atomic E-state index is 12.7. The zero-order chi connectivity index (χ0) is 22.0. The summed E-state index contributed by atoms with van der Waals surface area (Å²) in [7, 11) is 4.53. The molecule has 0 aliphatic rings. The first-order valence-corrected chi connectivity index (χ1v) is 9.15. The molecule has 0 amide bonds. The number of aromatic carboxylic acids is 1. The zero-order valence-corrected chi connectivity index (χ0v) is 17.0. The lowest BCUT2D eigenvalue weighted by atomic mass is 9.80. The Balaban J connectivity index is 2.27. The minimum absolute atomic E-state index is 0.264. The van der Waals surface area contributed by atoms with E-state index in [1.807, 2.05) is 25.3 Å². The molecular formula is C21H21N5O4. The number of benzene rings is 1. The first-order chi connectivity index (χ1) is 14.3. The Labute approximate surface area is 172 Å². The number of nitrogens with zero attached hydrogens (tertiary/aromatic N) is 5. The van der Waals surface area contributed by atoms with E-state index in [0.717, 1.165) is 11.1 Å². The topological polar surface area (TPSA) is 123 Å². The van der Waals surface area contributed by atoms with Crippen molar-refractivity contribution in [1.29, 1.82) is 5.26 Å². The Morgan fingerprint density at radius 1 is 1.30 bits per heavy atom. The van der Waals surface area contributed by atoms with E-state index < -0.39 is 23.1 Å². The van der Waals surface area contributed by atoms with Gasteiger partial charge in [-0.15, -0.1) is 0 Å². The van der Waals surface area contributed by atoms with Crippen molar-refractivity contribution in [3.63, 3.8) is 0 Å². The van der Waals surface area contributed by atoms with Gasteiger partial charge in [-0.05, 0) is 17.2 Å². The predicted octanol–water partition coefficient (Wildman–Crippen LogP) is 2.03. The molecule has 0 fully saturated rings. The maximum Gasteiger partial charge on any atom is 0.358 e. The molecule has 0 radical (unpaired) electrons. The van der Waals surface area contributed by atoms with Crippen LogP contribution in [0.4, 0.5) is 0 Å². The number of aromatic nitrogens is 4. The molecule has 0 saturated heterocycles. The van der Waals surface area contributed by atoms with E-state index in [2.05, 4.69) is 16.2 Å². The van der Waals surface area contributed by atoms with Gasteiger partial charge in [-0.25, -0.2) is 9.78 Å². The Bertz CT molecular complexity index is 1200. The van der Waals surface area contributed by atoms with Crippen LogP contribution in [-0.2, 0) is 14.1 Å². The van der Waals surface area contributed by atoms with Gasteiger partial charge < -0.3 is 9.84 Å². The number of ether oxygens (including phenoxy) is 1. The number of hydrogen-bond acceptors (Lipinski definition) is 6. The number of carboxylic acids is 1. The van der Waals surface area contributed by atoms with E-state index >= 15 is 0 Å². The van der Waals surface area contributed by atoms with Gasteiger partial charge in [0.05, 0.1) is 24.9 Å². The Kier molecular flexibility index (Phi) is 5.69. The van der Waals surface area contributed by atoms with Gasteiger partial charge in [0.25, 0.3) is 5.56 Å². The Hall–Kier alpha value is -3.93. The summed E-state index contributed by atoms with van der Waals surface area (Å²) in [5.74, 6) is -2.25. The van der Waals surface area contributed by atoms with Crippen molar-refractivity contribution in [2.24, 2.45) is 14.1 Å². The number of aryl methyl sites for hydroxylation is 1. The molecule has 0 saturated carbocycles. The summed E-state index contributed by atoms with van der Waals surface area (Å²) in [6, 6.07) is 9.36. The number of rotatable bonds is 6. The third kappa shape index (κ3) is 3.55. The van der Waals surface area contributed by atoms with Gasteiger partial charge in [-0.3, -0.25) is 14.0 Å². The minimum Gasteiger partial charge on any atom is -0.489 e. The zero-order valence-electron chi connectivity index (χ0n) is 17.0. The summed E-state index contributed by atoms with van der Waals surface area (Å²) in [5.41, 5.74) is 0.999. The average molecular weight is 407 g/mol. The van der Waals surface area contributed by atoms with Crippen molar-refractivity contribution in [3.05, 3.63) is 75.2 Å². The average Bonchev–Trinajstić information content (AvgIpc) is 3.15. The third-order valence-corrected chi connectivity index (χ3v) is 5.10. The van der Waals surface area contributed by atoms with E-state index in [9.17, 15) is 20.0 Å². The monoisotopic (exact) mass is 407 g/mol. The number of carboxylic acid groups (broad SMARTS) is 1. The van der Waals surface area contributed by atoms with Crippen LogP contribution in [0.3, 0.4) is 0 Å². The van der Waals surface area contributed by atoms with Crippen molar-refractivity contribution in [3.8, 4) is 11.8 Å². The molecule has 0 spiro atoms. The summed E-state index contributed by atoms with van der Waals surface area (Å²) in [6.45, 7) is 1.84. The van der Waals surface area contributed by atoms with Crippen LogP contribution >= 0.6 is 0 Å². The first kappa shape index (κ1) is 20.8. The second-order valence-electron chi connectivity index (χ2n) is 6.93. The lowest BCUT2D eigenvalue weighted by Crippen LogP contribution is -2.29. The summed E-state index contributed by atoms with van der Waals surface area (Å²) < 4.78 is 7.92. The molecule has 2 unspecified atom stereocenters. The van der Waals surface area contributed by atoms with Crippen molar-refractivity contribution >= 4 is 5.97 Å². The molecule has 1 N–H and O–H groups in total. The van der Waals surface area contributed by atoms with Gasteiger partial charge in [-0.2, -0.15) is 10.4 Å². The molecule has 0 aliphatic heterocycles. The van der Waals surface area contributed by atoms with E-state index in [1.165, 1.54) is 18.7 Å². The summed E-state index contributed by atoms with van der Waals surface area (Å²) in [6.07, 6.45) is 3.52. The first-order valence-electron chi connectivity index (χ1n) is 9.15. The molecule has 154 valence electrons. The number of methoxy groups -OCH3 is 1. The molecule has 0 aliphatic carbocycles. The lowest BCUT2D eigenvalue weighted by Gasteiger charge is -2.26. The molecule has 2 heterocycles. The highest BCUT2D eigenvalue weighted by Crippen LogP contribution is 2.38. The molecule has 3 aromatic rings. The molecule has 9 heteroatoms. The van der Waals surface area contributed by atoms with Crippen molar-refractivity contribution in [1.82, 2.24) is 19.3 Å². The fourth-order valence-corrected chi connectivity index (χ4v) is 3.69. The standard InChI is InChI=1S/C21H21N5O4/c1-12(19-24-17(21(28)29)18(30-4)20(27)26(19)3)16(14-10-23-25(2)11-14)15-8-6-5-7-13(15)9-22/h5-8,10-12,16H,1-4H3,(H,28,29). The van der Waals surface area contributed by atoms with Gasteiger partial charge in [0.1, 0.15) is 5.82 Å². The smallest absolute Gasteiger partial charge is 0.358 e. The predicted molar refractivity (Wildman–Crippen MR) is 108 cm³/mol. The molecular weight excluding hydrogens is 386 g/mol. The van der Waals surface area contributed by atoms with Crippen molar-refractivity contribution in [2.45, 2.75) is 18.8 Å². The second kappa shape index (κ2) is 8.21. The normalized spacial score (nSPS) is 12.8. The van der Waals surface area contributed by atoms with Gasteiger partial charge in [0, 0.05) is 32.1 Å². The molecule has 1 aromatic carbocycles. The van der Waals surface area contributed by atoms with E-state index in [1.54, 1.807) is 30.1 Å². The highest BCUT2D eigenvalue weighted by atomic mass is 16.5. The Morgan fingerprint density at radius 3 is 2.57 bits per heavy atom. The minimum atomic E-state index is -1.35. The number of nitriles is 1. The third-order valence-electron chi connectivity index (χ3n) is 5.10. The quantitative estimate of drug-likeness (QED) is 0.663. The van der Waals surface area contributed by atoms with Gasteiger partial charge in [0.2, 0.25) is 5.75 Å². The summed E-state index contributed by atoms with van der Waals surface area (Å²) in [4.78, 5) is 28.7. The van der Waals surface area contributed by atoms with Crippen LogP contribution in [0.25, 0.3) is 0 Å². The van der Waals surface area contributed by atoms with Crippen LogP contribution in [0.15, 0.2) is 41.5 Å². The van der Waals surface area contributed by atoms with Crippen LogP contribution in [0.5, 0.6) is 5.75 Å². The fourth-order valence-electron chi connectivity index (χ4n) is 3.69. The van der Waals surface area contributed by atoms with Gasteiger partial charge >= 0.3 is 5.97 Å². The summed E-state index contributed by atoms with van der Waals surface area (Å²) in [5, 5.41) is 23.4. The lowest BCUT2D eigenvalue weighted by molar-refractivity contribution is 0.0685. The van der Waals surface area contributed by atoms with Crippen LogP contribution in [0.1, 0.15) is 51.8 Å². The van der Waals surface area contributed by atoms with Crippen molar-refractivity contribution < 1.29 is 14.6 Å². The van der Waals surface area contributed by atoms with Gasteiger partial charge in [-0.1, -0.05) is 25.1 Å². The Morgan fingerprint density at radius 2 is 2.00 bits per heavy atom. The number of carbonyl (C=O) groups is 1. The maximum absolute atomic E-state index is 12.7. The fraction of sp³-hybridized carbons (Fsp3) is 0.286. The largest absolute Gasteiger partial charge is 0.489 e. The van der Waals surface area contributed by atoms with Gasteiger partial charge in [0.15, 0.2) is 5.69 Å². The van der Waals surface area contributed by atoms with E-state index in [-0.39, 0.29) is 17.5 Å². The molecule has 3 rings (SSSR count). The highest BCUT2D eigenvalue weighted by molar-refractivity contribution is 5.88. The van der Waals surface area contributed by atoms with Crippen LogP contribution in [-0.4, -0.2) is 37.5 Å². The van der Waals surface area contributed by atoms with E-state index in [0.29, 0.717) is 5.56 Å². The molecule has 30 heavy (non-hydrogen) atoms. The second-order valence-corrected chi connectivity index (χ2v) is 6.93. The van der Waals surface area contributed by atoms with Crippen molar-refractivity contribution in [2.75, 3.05) is 7.11 Å². The van der Waals surface area contributed by atoms with E-state index in [4.69, 9.17) is 4.74 Å². The molecule has 2 atom stereocenters. The summed E-state index contributed by atoms with van der Waals surface area (Å²) >= 11 is 0. The van der Waals surface area contributed by atoms with Crippen LogP contribution < -0.4 is 10.3 Å². The molecule has 0 bridgehead atoms. The van der Waals surface area contributed by atoms with Crippen LogP contribution in [0, 0.1) is 11.3 Å². The van der Waals surface area contributed by atoms with Crippen LogP contribution in [0.2, 0.25) is 0 Å². The molecule has 2 aromatic heterocycles.